The van der Waals surface area contributed by atoms with Crippen LogP contribution in [0.2, 0.25) is 0 Å². The Morgan fingerprint density at radius 1 is 1.28 bits per heavy atom. The molecule has 0 saturated carbocycles. The van der Waals surface area contributed by atoms with Gasteiger partial charge in [0.05, 0.1) is 18.3 Å². The van der Waals surface area contributed by atoms with E-state index in [9.17, 15) is 4.39 Å². The molecule has 0 fully saturated rings. The number of nitrogens with one attached hydrogen (secondary N) is 1. The SMILES string of the molecule is CN=C(NCC(c1ccc(F)cc1)N(C)C)N(C)Cc1csc(C(C)OC)n1.I. The Balaban J connectivity index is 0.00000420. The van der Waals surface area contributed by atoms with Crippen LogP contribution in [-0.4, -0.2) is 62.6 Å². The molecule has 2 aromatic rings. The fraction of sp³-hybridized carbons (Fsp3) is 0.500. The predicted molar refractivity (Wildman–Crippen MR) is 129 cm³/mol. The van der Waals surface area contributed by atoms with Crippen molar-refractivity contribution in [2.75, 3.05) is 41.8 Å². The van der Waals surface area contributed by atoms with E-state index in [-0.39, 0.29) is 41.9 Å². The Hall–Kier alpha value is -1.30. The third-order valence-corrected chi connectivity index (χ3v) is 5.63. The molecule has 0 spiro atoms. The number of likely N-dealkylation sites (N-methyl/N-ethyl adjacent to an activating group) is 1. The summed E-state index contributed by atoms with van der Waals surface area (Å²) in [5, 5.41) is 6.44. The van der Waals surface area contributed by atoms with Crippen molar-refractivity contribution in [3.8, 4) is 0 Å². The molecule has 0 aliphatic carbocycles. The highest BCUT2D eigenvalue weighted by molar-refractivity contribution is 14.0. The first kappa shape index (κ1) is 25.7. The van der Waals surface area contributed by atoms with Gasteiger partial charge in [0, 0.05) is 33.1 Å². The van der Waals surface area contributed by atoms with E-state index >= 15 is 0 Å². The van der Waals surface area contributed by atoms with Crippen LogP contribution in [0.1, 0.15) is 35.3 Å². The zero-order valence-electron chi connectivity index (χ0n) is 17.8. The van der Waals surface area contributed by atoms with Crippen molar-refractivity contribution in [2.24, 2.45) is 4.99 Å². The highest BCUT2D eigenvalue weighted by Crippen LogP contribution is 2.21. The van der Waals surface area contributed by atoms with E-state index < -0.39 is 0 Å². The molecule has 1 aromatic carbocycles. The topological polar surface area (TPSA) is 53.0 Å². The first-order valence-electron chi connectivity index (χ1n) is 9.16. The standard InChI is InChI=1S/C20H30FN5OS.HI/c1-14(27-6)19-24-17(13-28-19)12-26(5)20(22-2)23-11-18(25(3)4)15-7-9-16(21)10-8-15;/h7-10,13-14,18H,11-12H2,1-6H3,(H,22,23);1H. The molecule has 0 aliphatic rings. The summed E-state index contributed by atoms with van der Waals surface area (Å²) < 4.78 is 18.6. The normalized spacial score (nSPS) is 13.7. The van der Waals surface area contributed by atoms with Gasteiger partial charge in [-0.05, 0) is 38.7 Å². The molecule has 0 saturated heterocycles. The average molecular weight is 535 g/mol. The molecule has 0 radical (unpaired) electrons. The maximum absolute atomic E-state index is 13.2. The summed E-state index contributed by atoms with van der Waals surface area (Å²) in [6.07, 6.45) is -0.00180. The van der Waals surface area contributed by atoms with Gasteiger partial charge >= 0.3 is 0 Å². The first-order chi connectivity index (χ1) is 13.3. The van der Waals surface area contributed by atoms with Gasteiger partial charge in [0.1, 0.15) is 16.9 Å². The lowest BCUT2D eigenvalue weighted by Gasteiger charge is -2.28. The van der Waals surface area contributed by atoms with Crippen molar-refractivity contribution in [3.05, 3.63) is 51.7 Å². The van der Waals surface area contributed by atoms with E-state index in [1.165, 1.54) is 12.1 Å². The summed E-state index contributed by atoms with van der Waals surface area (Å²) in [7, 11) is 9.45. The molecule has 1 N–H and O–H groups in total. The van der Waals surface area contributed by atoms with Crippen molar-refractivity contribution >= 4 is 41.3 Å². The maximum Gasteiger partial charge on any atom is 0.193 e. The van der Waals surface area contributed by atoms with Gasteiger partial charge < -0.3 is 19.9 Å². The second-order valence-corrected chi connectivity index (χ2v) is 7.76. The summed E-state index contributed by atoms with van der Waals surface area (Å²) in [6.45, 7) is 3.29. The van der Waals surface area contributed by atoms with E-state index in [1.807, 2.05) is 45.1 Å². The van der Waals surface area contributed by atoms with Crippen LogP contribution < -0.4 is 5.32 Å². The van der Waals surface area contributed by atoms with Gasteiger partial charge in [0.25, 0.3) is 0 Å². The monoisotopic (exact) mass is 535 g/mol. The molecule has 2 atom stereocenters. The zero-order chi connectivity index (χ0) is 20.7. The lowest BCUT2D eigenvalue weighted by molar-refractivity contribution is 0.119. The molecule has 2 rings (SSSR count). The Kier molecular flexibility index (Phi) is 11.0. The fourth-order valence-electron chi connectivity index (χ4n) is 2.86. The number of methoxy groups -OCH3 is 1. The van der Waals surface area contributed by atoms with Gasteiger partial charge in [-0.2, -0.15) is 0 Å². The van der Waals surface area contributed by atoms with E-state index in [0.29, 0.717) is 13.1 Å². The number of guanidine groups is 1. The van der Waals surface area contributed by atoms with Crippen LogP contribution >= 0.6 is 35.3 Å². The van der Waals surface area contributed by atoms with E-state index in [4.69, 9.17) is 4.74 Å². The number of halogens is 2. The first-order valence-corrected chi connectivity index (χ1v) is 10.0. The third-order valence-electron chi connectivity index (χ3n) is 4.58. The molecule has 1 aromatic heterocycles. The average Bonchev–Trinajstić information content (AvgIpc) is 3.13. The van der Waals surface area contributed by atoms with Gasteiger partial charge in [0.2, 0.25) is 0 Å². The van der Waals surface area contributed by atoms with Crippen LogP contribution in [0.3, 0.4) is 0 Å². The van der Waals surface area contributed by atoms with Crippen molar-refractivity contribution < 1.29 is 9.13 Å². The molecule has 6 nitrogen and oxygen atoms in total. The minimum absolute atomic E-state index is 0. The number of aromatic nitrogens is 1. The Labute approximate surface area is 194 Å². The minimum Gasteiger partial charge on any atom is -0.375 e. The smallest absolute Gasteiger partial charge is 0.193 e. The molecule has 2 unspecified atom stereocenters. The molecular weight excluding hydrogens is 504 g/mol. The quantitative estimate of drug-likeness (QED) is 0.316. The van der Waals surface area contributed by atoms with Crippen LogP contribution in [-0.2, 0) is 11.3 Å². The fourth-order valence-corrected chi connectivity index (χ4v) is 3.70. The molecule has 162 valence electrons. The van der Waals surface area contributed by atoms with Crippen LogP contribution in [0.5, 0.6) is 0 Å². The summed E-state index contributed by atoms with van der Waals surface area (Å²) in [4.78, 5) is 13.2. The molecule has 1 heterocycles. The molecular formula is C20H31FIN5OS. The lowest BCUT2D eigenvalue weighted by Crippen LogP contribution is -2.42. The van der Waals surface area contributed by atoms with Crippen molar-refractivity contribution in [1.82, 2.24) is 20.1 Å². The predicted octanol–water partition coefficient (Wildman–Crippen LogP) is 3.92. The Morgan fingerprint density at radius 2 is 1.93 bits per heavy atom. The Bertz CT molecular complexity index is 768. The van der Waals surface area contributed by atoms with Crippen molar-refractivity contribution in [3.63, 3.8) is 0 Å². The highest BCUT2D eigenvalue weighted by Gasteiger charge is 2.17. The lowest BCUT2D eigenvalue weighted by atomic mass is 10.1. The largest absolute Gasteiger partial charge is 0.375 e. The number of benzene rings is 1. The van der Waals surface area contributed by atoms with Crippen LogP contribution in [0.4, 0.5) is 4.39 Å². The number of rotatable bonds is 8. The number of hydrogen-bond acceptors (Lipinski definition) is 5. The number of ether oxygens (including phenoxy) is 1. The van der Waals surface area contributed by atoms with E-state index in [2.05, 4.69) is 25.6 Å². The zero-order valence-corrected chi connectivity index (χ0v) is 21.0. The van der Waals surface area contributed by atoms with Gasteiger partial charge in [0.15, 0.2) is 5.96 Å². The second kappa shape index (κ2) is 12.4. The molecule has 0 bridgehead atoms. The Morgan fingerprint density at radius 3 is 2.48 bits per heavy atom. The highest BCUT2D eigenvalue weighted by atomic mass is 127. The van der Waals surface area contributed by atoms with Gasteiger partial charge in [-0.25, -0.2) is 9.37 Å². The van der Waals surface area contributed by atoms with Gasteiger partial charge in [-0.15, -0.1) is 35.3 Å². The summed E-state index contributed by atoms with van der Waals surface area (Å²) in [5.74, 6) is 0.554. The van der Waals surface area contributed by atoms with Crippen LogP contribution in [0.25, 0.3) is 0 Å². The minimum atomic E-state index is -0.227. The summed E-state index contributed by atoms with van der Waals surface area (Å²) in [5.41, 5.74) is 2.03. The number of aliphatic imine (C=N–C) groups is 1. The van der Waals surface area contributed by atoms with Crippen LogP contribution in [0, 0.1) is 5.82 Å². The van der Waals surface area contributed by atoms with E-state index in [1.54, 1.807) is 25.5 Å². The number of hydrogen-bond donors (Lipinski definition) is 1. The maximum atomic E-state index is 13.2. The van der Waals surface area contributed by atoms with E-state index in [0.717, 1.165) is 22.2 Å². The van der Waals surface area contributed by atoms with Crippen LogP contribution in [0.15, 0.2) is 34.6 Å². The van der Waals surface area contributed by atoms with Crippen molar-refractivity contribution in [1.29, 1.82) is 0 Å². The molecule has 29 heavy (non-hydrogen) atoms. The van der Waals surface area contributed by atoms with Gasteiger partial charge in [-0.1, -0.05) is 12.1 Å². The second-order valence-electron chi connectivity index (χ2n) is 6.87. The molecule has 0 amide bonds. The number of thiazole rings is 1. The third kappa shape index (κ3) is 7.47. The number of nitrogens with zero attached hydrogens (tertiary/aromatic N) is 4. The van der Waals surface area contributed by atoms with Crippen molar-refractivity contribution in [2.45, 2.75) is 25.6 Å². The molecule has 0 aliphatic heterocycles. The summed E-state index contributed by atoms with van der Waals surface area (Å²) in [6, 6.07) is 6.73. The summed E-state index contributed by atoms with van der Waals surface area (Å²) >= 11 is 1.60. The molecule has 9 heteroatoms. The van der Waals surface area contributed by atoms with Gasteiger partial charge in [-0.3, -0.25) is 4.99 Å².